The van der Waals surface area contributed by atoms with Gasteiger partial charge in [-0.05, 0) is 50.7 Å². The molecule has 1 atom stereocenters. The summed E-state index contributed by atoms with van der Waals surface area (Å²) >= 11 is 6.27. The van der Waals surface area contributed by atoms with Crippen molar-refractivity contribution in [3.63, 3.8) is 0 Å². The summed E-state index contributed by atoms with van der Waals surface area (Å²) in [7, 11) is 0. The van der Waals surface area contributed by atoms with E-state index >= 15 is 0 Å². The molecule has 0 aliphatic rings. The standard InChI is InChI=1S/C17H26ClNO/c1-3-5-6-7-8-12-20-17-11-9-10-16(18)15(17)13-14(19)4-2/h3,9-11,14H,1,4-8,12-13,19H2,2H3. The van der Waals surface area contributed by atoms with E-state index in [1.165, 1.54) is 6.42 Å². The lowest BCUT2D eigenvalue weighted by Gasteiger charge is -2.15. The van der Waals surface area contributed by atoms with Crippen molar-refractivity contribution in [1.29, 1.82) is 0 Å². The lowest BCUT2D eigenvalue weighted by Crippen LogP contribution is -2.22. The van der Waals surface area contributed by atoms with Crippen LogP contribution in [0.3, 0.4) is 0 Å². The molecule has 1 unspecified atom stereocenters. The van der Waals surface area contributed by atoms with Crippen LogP contribution in [0.2, 0.25) is 5.02 Å². The summed E-state index contributed by atoms with van der Waals surface area (Å²) in [6.07, 6.45) is 8.13. The molecule has 3 heteroatoms. The zero-order chi connectivity index (χ0) is 14.8. The monoisotopic (exact) mass is 295 g/mol. The Morgan fingerprint density at radius 2 is 2.15 bits per heavy atom. The molecular formula is C17H26ClNO. The molecule has 0 heterocycles. The summed E-state index contributed by atoms with van der Waals surface area (Å²) < 4.78 is 5.88. The average molecular weight is 296 g/mol. The fraction of sp³-hybridized carbons (Fsp3) is 0.529. The smallest absolute Gasteiger partial charge is 0.124 e. The van der Waals surface area contributed by atoms with Crippen LogP contribution in [0, 0.1) is 0 Å². The van der Waals surface area contributed by atoms with Crippen LogP contribution in [0.4, 0.5) is 0 Å². The fourth-order valence-corrected chi connectivity index (χ4v) is 2.27. The molecule has 0 aliphatic carbocycles. The third-order valence-electron chi connectivity index (χ3n) is 3.38. The highest BCUT2D eigenvalue weighted by molar-refractivity contribution is 6.31. The van der Waals surface area contributed by atoms with Crippen LogP contribution >= 0.6 is 11.6 Å². The minimum atomic E-state index is 0.129. The number of hydrogen-bond acceptors (Lipinski definition) is 2. The number of nitrogens with two attached hydrogens (primary N) is 1. The maximum absolute atomic E-state index is 6.27. The number of ether oxygens (including phenoxy) is 1. The number of hydrogen-bond donors (Lipinski definition) is 1. The van der Waals surface area contributed by atoms with Crippen molar-refractivity contribution in [2.75, 3.05) is 6.61 Å². The third kappa shape index (κ3) is 5.98. The highest BCUT2D eigenvalue weighted by Crippen LogP contribution is 2.28. The summed E-state index contributed by atoms with van der Waals surface area (Å²) in [4.78, 5) is 0. The second kappa shape index (κ2) is 9.84. The predicted molar refractivity (Wildman–Crippen MR) is 87.6 cm³/mol. The first-order valence-electron chi connectivity index (χ1n) is 7.45. The van der Waals surface area contributed by atoms with E-state index < -0.39 is 0 Å². The molecule has 0 amide bonds. The van der Waals surface area contributed by atoms with Crippen molar-refractivity contribution in [2.45, 2.75) is 51.5 Å². The van der Waals surface area contributed by atoms with Crippen LogP contribution in [0.1, 0.15) is 44.6 Å². The summed E-state index contributed by atoms with van der Waals surface area (Å²) in [5.74, 6) is 0.880. The van der Waals surface area contributed by atoms with Crippen molar-refractivity contribution >= 4 is 11.6 Å². The minimum Gasteiger partial charge on any atom is -0.493 e. The van der Waals surface area contributed by atoms with Gasteiger partial charge in [0.05, 0.1) is 6.61 Å². The van der Waals surface area contributed by atoms with Crippen LogP contribution in [0.5, 0.6) is 5.75 Å². The molecule has 0 aliphatic heterocycles. The molecule has 20 heavy (non-hydrogen) atoms. The van der Waals surface area contributed by atoms with Crippen LogP contribution in [-0.2, 0) is 6.42 Å². The highest BCUT2D eigenvalue weighted by atomic mass is 35.5. The van der Waals surface area contributed by atoms with E-state index in [0.717, 1.165) is 55.0 Å². The van der Waals surface area contributed by atoms with Crippen molar-refractivity contribution in [2.24, 2.45) is 5.73 Å². The summed E-state index contributed by atoms with van der Waals surface area (Å²) in [5.41, 5.74) is 7.07. The number of allylic oxidation sites excluding steroid dienone is 1. The zero-order valence-corrected chi connectivity index (χ0v) is 13.2. The van der Waals surface area contributed by atoms with Crippen LogP contribution < -0.4 is 10.5 Å². The van der Waals surface area contributed by atoms with Gasteiger partial charge in [-0.3, -0.25) is 0 Å². The molecule has 2 N–H and O–H groups in total. The van der Waals surface area contributed by atoms with Gasteiger partial charge in [-0.1, -0.05) is 30.7 Å². The summed E-state index contributed by atoms with van der Waals surface area (Å²) in [6, 6.07) is 5.93. The molecule has 2 nitrogen and oxygen atoms in total. The van der Waals surface area contributed by atoms with Gasteiger partial charge in [0.15, 0.2) is 0 Å². The molecule has 0 aromatic heterocycles. The van der Waals surface area contributed by atoms with E-state index in [1.54, 1.807) is 0 Å². The van der Waals surface area contributed by atoms with Gasteiger partial charge < -0.3 is 10.5 Å². The molecule has 0 saturated heterocycles. The minimum absolute atomic E-state index is 0.129. The Hall–Kier alpha value is -0.990. The zero-order valence-electron chi connectivity index (χ0n) is 12.4. The van der Waals surface area contributed by atoms with Crippen LogP contribution in [0.15, 0.2) is 30.9 Å². The molecule has 0 fully saturated rings. The maximum atomic E-state index is 6.27. The molecule has 1 aromatic carbocycles. The van der Waals surface area contributed by atoms with Crippen molar-refractivity contribution in [3.05, 3.63) is 41.4 Å². The van der Waals surface area contributed by atoms with E-state index in [1.807, 2.05) is 24.3 Å². The average Bonchev–Trinajstić information content (AvgIpc) is 2.45. The Kier molecular flexibility index (Phi) is 8.40. The largest absolute Gasteiger partial charge is 0.493 e. The van der Waals surface area contributed by atoms with Gasteiger partial charge in [-0.25, -0.2) is 0 Å². The molecule has 0 spiro atoms. The number of unbranched alkanes of at least 4 members (excludes halogenated alkanes) is 3. The molecule has 0 bridgehead atoms. The molecule has 1 rings (SSSR count). The second-order valence-electron chi connectivity index (χ2n) is 5.08. The fourth-order valence-electron chi connectivity index (χ4n) is 2.03. The van der Waals surface area contributed by atoms with Crippen LogP contribution in [-0.4, -0.2) is 12.6 Å². The third-order valence-corrected chi connectivity index (χ3v) is 3.73. The van der Waals surface area contributed by atoms with E-state index in [9.17, 15) is 0 Å². The second-order valence-corrected chi connectivity index (χ2v) is 5.48. The van der Waals surface area contributed by atoms with E-state index in [-0.39, 0.29) is 6.04 Å². The Balaban J connectivity index is 2.51. The van der Waals surface area contributed by atoms with Gasteiger partial charge in [-0.2, -0.15) is 0 Å². The summed E-state index contributed by atoms with van der Waals surface area (Å²) in [5, 5.41) is 0.748. The molecule has 0 saturated carbocycles. The Morgan fingerprint density at radius 1 is 1.35 bits per heavy atom. The summed E-state index contributed by atoms with van der Waals surface area (Å²) in [6.45, 7) is 6.54. The topological polar surface area (TPSA) is 35.2 Å². The van der Waals surface area contributed by atoms with E-state index in [4.69, 9.17) is 22.1 Å². The Bertz CT molecular complexity index is 406. The first-order chi connectivity index (χ1) is 9.69. The van der Waals surface area contributed by atoms with Gasteiger partial charge in [0.1, 0.15) is 5.75 Å². The first kappa shape index (κ1) is 17.1. The van der Waals surface area contributed by atoms with Crippen molar-refractivity contribution < 1.29 is 4.74 Å². The quantitative estimate of drug-likeness (QED) is 0.499. The Labute approximate surface area is 128 Å². The normalized spacial score (nSPS) is 12.2. The van der Waals surface area contributed by atoms with Gasteiger partial charge in [-0.15, -0.1) is 6.58 Å². The maximum Gasteiger partial charge on any atom is 0.124 e. The highest BCUT2D eigenvalue weighted by Gasteiger charge is 2.11. The van der Waals surface area contributed by atoms with Gasteiger partial charge in [0.25, 0.3) is 0 Å². The lowest BCUT2D eigenvalue weighted by molar-refractivity contribution is 0.302. The lowest BCUT2D eigenvalue weighted by atomic mass is 10.0. The molecular weight excluding hydrogens is 270 g/mol. The number of benzene rings is 1. The molecule has 0 radical (unpaired) electrons. The molecule has 112 valence electrons. The first-order valence-corrected chi connectivity index (χ1v) is 7.83. The van der Waals surface area contributed by atoms with E-state index in [0.29, 0.717) is 0 Å². The van der Waals surface area contributed by atoms with Gasteiger partial charge in [0.2, 0.25) is 0 Å². The SMILES string of the molecule is C=CCCCCCOc1cccc(Cl)c1CC(N)CC. The van der Waals surface area contributed by atoms with Gasteiger partial charge in [0, 0.05) is 16.6 Å². The number of rotatable bonds is 10. The Morgan fingerprint density at radius 3 is 2.85 bits per heavy atom. The predicted octanol–water partition coefficient (Wildman–Crippen LogP) is 4.75. The van der Waals surface area contributed by atoms with Crippen LogP contribution in [0.25, 0.3) is 0 Å². The van der Waals surface area contributed by atoms with Gasteiger partial charge >= 0.3 is 0 Å². The van der Waals surface area contributed by atoms with Crippen molar-refractivity contribution in [3.8, 4) is 5.75 Å². The van der Waals surface area contributed by atoms with E-state index in [2.05, 4.69) is 13.5 Å². The van der Waals surface area contributed by atoms with Crippen molar-refractivity contribution in [1.82, 2.24) is 0 Å². The molecule has 1 aromatic rings. The number of halogens is 1.